The van der Waals surface area contributed by atoms with Crippen molar-refractivity contribution in [2.24, 2.45) is 5.73 Å². The molecular formula is C9H11Cl2NO. The molecule has 1 aromatic carbocycles. The van der Waals surface area contributed by atoms with Gasteiger partial charge in [0.2, 0.25) is 0 Å². The van der Waals surface area contributed by atoms with Crippen molar-refractivity contribution in [2.45, 2.75) is 12.5 Å². The number of nitrogens with two attached hydrogens (primary N) is 1. The predicted octanol–water partition coefficient (Wildman–Crippen LogP) is 2.16. The van der Waals surface area contributed by atoms with Crippen molar-refractivity contribution in [3.05, 3.63) is 33.8 Å². The SMILES string of the molecule is C[C@](N)(CO)c1cc(Cl)ccc1Cl. The molecule has 0 bridgehead atoms. The topological polar surface area (TPSA) is 46.2 Å². The van der Waals surface area contributed by atoms with E-state index in [0.29, 0.717) is 15.6 Å². The molecule has 2 nitrogen and oxygen atoms in total. The Labute approximate surface area is 87.3 Å². The molecule has 1 atom stereocenters. The number of aliphatic hydroxyl groups is 1. The highest BCUT2D eigenvalue weighted by Gasteiger charge is 2.22. The molecule has 4 heteroatoms. The van der Waals surface area contributed by atoms with Crippen LogP contribution in [0, 0.1) is 0 Å². The molecule has 0 heterocycles. The van der Waals surface area contributed by atoms with Crippen molar-refractivity contribution in [3.8, 4) is 0 Å². The van der Waals surface area contributed by atoms with Gasteiger partial charge >= 0.3 is 0 Å². The van der Waals surface area contributed by atoms with Gasteiger partial charge in [0.25, 0.3) is 0 Å². The molecule has 13 heavy (non-hydrogen) atoms. The van der Waals surface area contributed by atoms with Crippen molar-refractivity contribution >= 4 is 23.2 Å². The van der Waals surface area contributed by atoms with Crippen molar-refractivity contribution in [3.63, 3.8) is 0 Å². The molecule has 0 radical (unpaired) electrons. The van der Waals surface area contributed by atoms with Gasteiger partial charge in [0.05, 0.1) is 12.1 Å². The first-order valence-corrected chi connectivity index (χ1v) is 4.58. The number of hydrogen-bond donors (Lipinski definition) is 2. The highest BCUT2D eigenvalue weighted by Crippen LogP contribution is 2.28. The minimum atomic E-state index is -0.845. The van der Waals surface area contributed by atoms with E-state index in [1.54, 1.807) is 25.1 Å². The summed E-state index contributed by atoms with van der Waals surface area (Å²) >= 11 is 11.7. The quantitative estimate of drug-likeness (QED) is 0.802. The maximum atomic E-state index is 9.04. The summed E-state index contributed by atoms with van der Waals surface area (Å²) in [6.45, 7) is 1.53. The molecule has 0 aliphatic heterocycles. The highest BCUT2D eigenvalue weighted by molar-refractivity contribution is 6.33. The van der Waals surface area contributed by atoms with Gasteiger partial charge in [-0.3, -0.25) is 0 Å². The van der Waals surface area contributed by atoms with Gasteiger partial charge in [-0.25, -0.2) is 0 Å². The Balaban J connectivity index is 3.20. The second-order valence-electron chi connectivity index (χ2n) is 3.20. The molecule has 72 valence electrons. The van der Waals surface area contributed by atoms with Crippen LogP contribution in [0.15, 0.2) is 18.2 Å². The molecule has 0 aliphatic rings. The van der Waals surface area contributed by atoms with E-state index in [1.807, 2.05) is 0 Å². The summed E-state index contributed by atoms with van der Waals surface area (Å²) in [7, 11) is 0. The van der Waals surface area contributed by atoms with Gasteiger partial charge in [-0.2, -0.15) is 0 Å². The second-order valence-corrected chi connectivity index (χ2v) is 4.04. The van der Waals surface area contributed by atoms with Gasteiger partial charge in [0, 0.05) is 10.0 Å². The fourth-order valence-corrected chi connectivity index (χ4v) is 1.53. The summed E-state index contributed by atoms with van der Waals surface area (Å²) in [5, 5.41) is 10.1. The van der Waals surface area contributed by atoms with Crippen molar-refractivity contribution < 1.29 is 5.11 Å². The zero-order chi connectivity index (χ0) is 10.1. The molecule has 0 unspecified atom stereocenters. The largest absolute Gasteiger partial charge is 0.394 e. The Morgan fingerprint density at radius 1 is 1.46 bits per heavy atom. The summed E-state index contributed by atoms with van der Waals surface area (Å²) in [6.07, 6.45) is 0. The van der Waals surface area contributed by atoms with E-state index in [0.717, 1.165) is 0 Å². The summed E-state index contributed by atoms with van der Waals surface area (Å²) in [4.78, 5) is 0. The summed E-state index contributed by atoms with van der Waals surface area (Å²) < 4.78 is 0. The predicted molar refractivity (Wildman–Crippen MR) is 55.1 cm³/mol. The van der Waals surface area contributed by atoms with Crippen LogP contribution in [0.1, 0.15) is 12.5 Å². The van der Waals surface area contributed by atoms with Crippen molar-refractivity contribution in [2.75, 3.05) is 6.61 Å². The lowest BCUT2D eigenvalue weighted by Gasteiger charge is -2.23. The van der Waals surface area contributed by atoms with E-state index >= 15 is 0 Å². The molecule has 0 spiro atoms. The zero-order valence-corrected chi connectivity index (χ0v) is 8.73. The molecule has 1 aromatic rings. The van der Waals surface area contributed by atoms with Crippen LogP contribution < -0.4 is 5.73 Å². The van der Waals surface area contributed by atoms with E-state index in [4.69, 9.17) is 34.0 Å². The molecule has 0 saturated carbocycles. The Morgan fingerprint density at radius 3 is 2.62 bits per heavy atom. The van der Waals surface area contributed by atoms with Crippen LogP contribution in [0.25, 0.3) is 0 Å². The maximum absolute atomic E-state index is 9.04. The van der Waals surface area contributed by atoms with Crippen LogP contribution in [-0.2, 0) is 5.54 Å². The van der Waals surface area contributed by atoms with Gasteiger partial charge in [0.15, 0.2) is 0 Å². The average Bonchev–Trinajstić information content (AvgIpc) is 2.09. The lowest BCUT2D eigenvalue weighted by Crippen LogP contribution is -2.37. The van der Waals surface area contributed by atoms with E-state index in [9.17, 15) is 0 Å². The standard InChI is InChI=1S/C9H11Cl2NO/c1-9(12,5-13)7-4-6(10)2-3-8(7)11/h2-4,13H,5,12H2,1H3/t9-/m0/s1. The van der Waals surface area contributed by atoms with Crippen molar-refractivity contribution in [1.29, 1.82) is 0 Å². The Morgan fingerprint density at radius 2 is 2.08 bits per heavy atom. The molecule has 3 N–H and O–H groups in total. The number of aliphatic hydroxyl groups excluding tert-OH is 1. The number of halogens is 2. The first-order valence-electron chi connectivity index (χ1n) is 3.82. The van der Waals surface area contributed by atoms with E-state index in [1.165, 1.54) is 0 Å². The van der Waals surface area contributed by atoms with Gasteiger partial charge in [0.1, 0.15) is 0 Å². The van der Waals surface area contributed by atoms with Crippen LogP contribution in [-0.4, -0.2) is 11.7 Å². The first-order chi connectivity index (χ1) is 5.97. The third kappa shape index (κ3) is 2.35. The van der Waals surface area contributed by atoms with Crippen LogP contribution in [0.3, 0.4) is 0 Å². The third-order valence-corrected chi connectivity index (χ3v) is 2.44. The summed E-state index contributed by atoms with van der Waals surface area (Å²) in [5.41, 5.74) is 5.63. The number of hydrogen-bond acceptors (Lipinski definition) is 2. The van der Waals surface area contributed by atoms with Crippen molar-refractivity contribution in [1.82, 2.24) is 0 Å². The summed E-state index contributed by atoms with van der Waals surface area (Å²) in [6, 6.07) is 5.01. The molecule has 1 rings (SSSR count). The van der Waals surface area contributed by atoms with Gasteiger partial charge in [-0.05, 0) is 30.7 Å². The molecular weight excluding hydrogens is 209 g/mol. The van der Waals surface area contributed by atoms with Crippen LogP contribution in [0.2, 0.25) is 10.0 Å². The number of benzene rings is 1. The highest BCUT2D eigenvalue weighted by atomic mass is 35.5. The average molecular weight is 220 g/mol. The lowest BCUT2D eigenvalue weighted by atomic mass is 9.94. The minimum absolute atomic E-state index is 0.174. The first kappa shape index (κ1) is 10.8. The molecule has 0 aromatic heterocycles. The van der Waals surface area contributed by atoms with E-state index in [2.05, 4.69) is 0 Å². The van der Waals surface area contributed by atoms with Crippen LogP contribution >= 0.6 is 23.2 Å². The fourth-order valence-electron chi connectivity index (χ4n) is 1.02. The monoisotopic (exact) mass is 219 g/mol. The third-order valence-electron chi connectivity index (χ3n) is 1.87. The molecule has 0 aliphatic carbocycles. The van der Waals surface area contributed by atoms with E-state index < -0.39 is 5.54 Å². The van der Waals surface area contributed by atoms with Gasteiger partial charge < -0.3 is 10.8 Å². The normalized spacial score (nSPS) is 15.5. The van der Waals surface area contributed by atoms with Gasteiger partial charge in [-0.15, -0.1) is 0 Å². The maximum Gasteiger partial charge on any atom is 0.0651 e. The lowest BCUT2D eigenvalue weighted by molar-refractivity contribution is 0.210. The number of rotatable bonds is 2. The Hall–Kier alpha value is -0.280. The fraction of sp³-hybridized carbons (Fsp3) is 0.333. The second kappa shape index (κ2) is 3.84. The van der Waals surface area contributed by atoms with Crippen LogP contribution in [0.4, 0.5) is 0 Å². The van der Waals surface area contributed by atoms with Gasteiger partial charge in [-0.1, -0.05) is 23.2 Å². The molecule has 0 fully saturated rings. The minimum Gasteiger partial charge on any atom is -0.394 e. The Bertz CT molecular complexity index is 312. The molecule has 0 saturated heterocycles. The van der Waals surface area contributed by atoms with E-state index in [-0.39, 0.29) is 6.61 Å². The van der Waals surface area contributed by atoms with Crippen LogP contribution in [0.5, 0.6) is 0 Å². The summed E-state index contributed by atoms with van der Waals surface area (Å²) in [5.74, 6) is 0. The molecule has 0 amide bonds. The zero-order valence-electron chi connectivity index (χ0n) is 7.22. The smallest absolute Gasteiger partial charge is 0.0651 e. The Kier molecular flexibility index (Phi) is 3.19.